The van der Waals surface area contributed by atoms with Gasteiger partial charge in [0.25, 0.3) is 0 Å². The lowest BCUT2D eigenvalue weighted by molar-refractivity contribution is -0.137. The molecule has 1 aromatic rings. The fourth-order valence-electron chi connectivity index (χ4n) is 2.59. The van der Waals surface area contributed by atoms with E-state index in [4.69, 9.17) is 5.11 Å². The Kier molecular flexibility index (Phi) is 5.76. The van der Waals surface area contributed by atoms with Crippen LogP contribution in [0.15, 0.2) is 28.7 Å². The van der Waals surface area contributed by atoms with Crippen LogP contribution in [0.3, 0.4) is 0 Å². The standard InChI is InChI=1S/C15H19BrN2O3/c16-12-2-1-3-13(8-12)17-14(19)10-18-7-6-11(9-18)4-5-15(20)21/h1-3,8,11H,4-7,9-10H2,(H,17,19)(H,20,21). The molecule has 0 saturated carbocycles. The lowest BCUT2D eigenvalue weighted by Gasteiger charge is -2.15. The lowest BCUT2D eigenvalue weighted by atomic mass is 10.0. The fourth-order valence-corrected chi connectivity index (χ4v) is 2.99. The number of rotatable bonds is 6. The third kappa shape index (κ3) is 5.47. The van der Waals surface area contributed by atoms with Crippen LogP contribution in [0.1, 0.15) is 19.3 Å². The molecule has 114 valence electrons. The zero-order chi connectivity index (χ0) is 15.2. The van der Waals surface area contributed by atoms with Gasteiger partial charge in [0, 0.05) is 23.1 Å². The Hall–Kier alpha value is -1.40. The van der Waals surface area contributed by atoms with E-state index in [9.17, 15) is 9.59 Å². The molecule has 0 aliphatic carbocycles. The minimum atomic E-state index is -0.749. The molecule has 1 saturated heterocycles. The lowest BCUT2D eigenvalue weighted by Crippen LogP contribution is -2.31. The predicted molar refractivity (Wildman–Crippen MR) is 84.2 cm³/mol. The number of carboxylic acids is 1. The van der Waals surface area contributed by atoms with Gasteiger partial charge in [-0.2, -0.15) is 0 Å². The van der Waals surface area contributed by atoms with E-state index in [1.165, 1.54) is 0 Å². The first-order valence-electron chi connectivity index (χ1n) is 7.02. The highest BCUT2D eigenvalue weighted by Crippen LogP contribution is 2.21. The van der Waals surface area contributed by atoms with Crippen molar-refractivity contribution in [2.75, 3.05) is 25.0 Å². The second-order valence-corrected chi connectivity index (χ2v) is 6.30. The molecule has 0 aromatic heterocycles. The molecule has 1 unspecified atom stereocenters. The van der Waals surface area contributed by atoms with Crippen LogP contribution >= 0.6 is 15.9 Å². The fraction of sp³-hybridized carbons (Fsp3) is 0.467. The Labute approximate surface area is 132 Å². The summed E-state index contributed by atoms with van der Waals surface area (Å²) in [6, 6.07) is 7.49. The van der Waals surface area contributed by atoms with Gasteiger partial charge >= 0.3 is 5.97 Å². The number of anilines is 1. The largest absolute Gasteiger partial charge is 0.481 e. The van der Waals surface area contributed by atoms with Crippen molar-refractivity contribution in [1.82, 2.24) is 4.90 Å². The van der Waals surface area contributed by atoms with Crippen LogP contribution < -0.4 is 5.32 Å². The van der Waals surface area contributed by atoms with Crippen molar-refractivity contribution in [3.63, 3.8) is 0 Å². The quantitative estimate of drug-likeness (QED) is 0.823. The monoisotopic (exact) mass is 354 g/mol. The summed E-state index contributed by atoms with van der Waals surface area (Å²) in [7, 11) is 0. The first-order chi connectivity index (χ1) is 10.0. The third-order valence-electron chi connectivity index (χ3n) is 3.61. The molecule has 1 aromatic carbocycles. The average Bonchev–Trinajstić information content (AvgIpc) is 2.83. The number of likely N-dealkylation sites (tertiary alicyclic amines) is 1. The van der Waals surface area contributed by atoms with Gasteiger partial charge in [-0.1, -0.05) is 22.0 Å². The smallest absolute Gasteiger partial charge is 0.303 e. The number of aliphatic carboxylic acids is 1. The summed E-state index contributed by atoms with van der Waals surface area (Å²) in [5, 5.41) is 11.6. The van der Waals surface area contributed by atoms with E-state index in [-0.39, 0.29) is 12.3 Å². The van der Waals surface area contributed by atoms with E-state index in [1.54, 1.807) is 0 Å². The third-order valence-corrected chi connectivity index (χ3v) is 4.11. The topological polar surface area (TPSA) is 69.6 Å². The van der Waals surface area contributed by atoms with Crippen molar-refractivity contribution in [1.29, 1.82) is 0 Å². The number of amides is 1. The maximum atomic E-state index is 12.0. The number of nitrogens with zero attached hydrogens (tertiary/aromatic N) is 1. The van der Waals surface area contributed by atoms with Crippen LogP contribution in [0.2, 0.25) is 0 Å². The van der Waals surface area contributed by atoms with E-state index in [0.29, 0.717) is 18.9 Å². The summed E-state index contributed by atoms with van der Waals surface area (Å²) >= 11 is 3.37. The molecule has 6 heteroatoms. The Bertz CT molecular complexity index is 521. The maximum absolute atomic E-state index is 12.0. The molecular weight excluding hydrogens is 336 g/mol. The van der Waals surface area contributed by atoms with E-state index >= 15 is 0 Å². The number of carboxylic acid groups (broad SMARTS) is 1. The van der Waals surface area contributed by atoms with Crippen LogP contribution in [0.25, 0.3) is 0 Å². The summed E-state index contributed by atoms with van der Waals surface area (Å²) < 4.78 is 0.926. The number of nitrogens with one attached hydrogen (secondary N) is 1. The first kappa shape index (κ1) is 16.0. The highest BCUT2D eigenvalue weighted by atomic mass is 79.9. The molecule has 5 nitrogen and oxygen atoms in total. The molecular formula is C15H19BrN2O3. The normalized spacial score (nSPS) is 18.6. The van der Waals surface area contributed by atoms with E-state index < -0.39 is 5.97 Å². The van der Waals surface area contributed by atoms with Crippen molar-refractivity contribution >= 4 is 33.5 Å². The molecule has 1 fully saturated rings. The first-order valence-corrected chi connectivity index (χ1v) is 7.82. The van der Waals surface area contributed by atoms with Gasteiger partial charge in [0.1, 0.15) is 0 Å². The van der Waals surface area contributed by atoms with Gasteiger partial charge in [-0.05, 0) is 43.5 Å². The van der Waals surface area contributed by atoms with E-state index in [2.05, 4.69) is 26.1 Å². The summed E-state index contributed by atoms with van der Waals surface area (Å²) in [5.41, 5.74) is 0.774. The summed E-state index contributed by atoms with van der Waals surface area (Å²) in [4.78, 5) is 24.6. The minimum absolute atomic E-state index is 0.0352. The SMILES string of the molecule is O=C(O)CCC1CCN(CC(=O)Nc2cccc(Br)c2)C1. The van der Waals surface area contributed by atoms with Crippen LogP contribution in [0, 0.1) is 5.92 Å². The van der Waals surface area contributed by atoms with Gasteiger partial charge in [-0.25, -0.2) is 0 Å². The molecule has 21 heavy (non-hydrogen) atoms. The zero-order valence-corrected chi connectivity index (χ0v) is 13.3. The summed E-state index contributed by atoms with van der Waals surface area (Å²) in [6.45, 7) is 2.02. The number of benzene rings is 1. The second kappa shape index (κ2) is 7.56. The Morgan fingerprint density at radius 2 is 2.24 bits per heavy atom. The molecule has 0 spiro atoms. The van der Waals surface area contributed by atoms with Crippen molar-refractivity contribution in [3.05, 3.63) is 28.7 Å². The average molecular weight is 355 g/mol. The van der Waals surface area contributed by atoms with Gasteiger partial charge in [0.15, 0.2) is 0 Å². The number of carbonyl (C=O) groups is 2. The molecule has 1 heterocycles. The van der Waals surface area contributed by atoms with Crippen LogP contribution in [-0.4, -0.2) is 41.5 Å². The minimum Gasteiger partial charge on any atom is -0.481 e. The van der Waals surface area contributed by atoms with Crippen LogP contribution in [0.4, 0.5) is 5.69 Å². The van der Waals surface area contributed by atoms with Crippen molar-refractivity contribution in [2.45, 2.75) is 19.3 Å². The molecule has 1 aliphatic rings. The van der Waals surface area contributed by atoms with E-state index in [1.807, 2.05) is 24.3 Å². The molecule has 2 N–H and O–H groups in total. The highest BCUT2D eigenvalue weighted by Gasteiger charge is 2.24. The van der Waals surface area contributed by atoms with E-state index in [0.717, 1.165) is 29.7 Å². The molecule has 1 atom stereocenters. The second-order valence-electron chi connectivity index (χ2n) is 5.38. The molecule has 1 aliphatic heterocycles. The highest BCUT2D eigenvalue weighted by molar-refractivity contribution is 9.10. The number of halogens is 1. The Morgan fingerprint density at radius 3 is 2.95 bits per heavy atom. The van der Waals surface area contributed by atoms with Crippen molar-refractivity contribution in [3.8, 4) is 0 Å². The maximum Gasteiger partial charge on any atom is 0.303 e. The zero-order valence-electron chi connectivity index (χ0n) is 11.7. The Balaban J connectivity index is 1.75. The summed E-state index contributed by atoms with van der Waals surface area (Å²) in [6.07, 6.45) is 1.87. The van der Waals surface area contributed by atoms with Crippen molar-refractivity contribution in [2.24, 2.45) is 5.92 Å². The number of hydrogen-bond acceptors (Lipinski definition) is 3. The van der Waals surface area contributed by atoms with Crippen molar-refractivity contribution < 1.29 is 14.7 Å². The van der Waals surface area contributed by atoms with Gasteiger partial charge in [-0.3, -0.25) is 14.5 Å². The number of hydrogen-bond donors (Lipinski definition) is 2. The predicted octanol–water partition coefficient (Wildman–Crippen LogP) is 2.57. The summed E-state index contributed by atoms with van der Waals surface area (Å²) in [5.74, 6) is -0.396. The molecule has 1 amide bonds. The van der Waals surface area contributed by atoms with Gasteiger partial charge in [0.05, 0.1) is 6.54 Å². The van der Waals surface area contributed by atoms with Gasteiger partial charge in [0.2, 0.25) is 5.91 Å². The molecule has 0 radical (unpaired) electrons. The number of carbonyl (C=O) groups excluding carboxylic acids is 1. The molecule has 2 rings (SSSR count). The molecule has 0 bridgehead atoms. The van der Waals surface area contributed by atoms with Gasteiger partial charge < -0.3 is 10.4 Å². The van der Waals surface area contributed by atoms with Crippen LogP contribution in [0.5, 0.6) is 0 Å². The van der Waals surface area contributed by atoms with Gasteiger partial charge in [-0.15, -0.1) is 0 Å². The van der Waals surface area contributed by atoms with Crippen LogP contribution in [-0.2, 0) is 9.59 Å². The Morgan fingerprint density at radius 1 is 1.43 bits per heavy atom.